The Bertz CT molecular complexity index is 1310. The van der Waals surface area contributed by atoms with E-state index in [9.17, 15) is 30.0 Å². The summed E-state index contributed by atoms with van der Waals surface area (Å²) in [4.78, 5) is 24.7. The van der Waals surface area contributed by atoms with Gasteiger partial charge in [-0.3, -0.25) is 0 Å². The number of rotatable bonds is 9. The van der Waals surface area contributed by atoms with Gasteiger partial charge in [-0.25, -0.2) is 9.59 Å². The molecule has 1 heterocycles. The second kappa shape index (κ2) is 10.8. The van der Waals surface area contributed by atoms with Crippen LogP contribution >= 0.6 is 0 Å². The predicted octanol–water partition coefficient (Wildman–Crippen LogP) is 4.39. The fourth-order valence-corrected chi connectivity index (χ4v) is 4.11. The van der Waals surface area contributed by atoms with Crippen LogP contribution in [-0.4, -0.2) is 62.4 Å². The number of hydrogen-bond donors (Lipinski definition) is 4. The molecule has 2 aromatic rings. The van der Waals surface area contributed by atoms with Crippen molar-refractivity contribution >= 4 is 24.1 Å². The highest BCUT2D eigenvalue weighted by atomic mass is 16.6. The van der Waals surface area contributed by atoms with Crippen molar-refractivity contribution in [2.24, 2.45) is 0 Å². The third-order valence-corrected chi connectivity index (χ3v) is 6.09. The Morgan fingerprint density at radius 1 is 0.923 bits per heavy atom. The van der Waals surface area contributed by atoms with E-state index < -0.39 is 40.9 Å². The van der Waals surface area contributed by atoms with Crippen LogP contribution < -0.4 is 9.47 Å². The van der Waals surface area contributed by atoms with Crippen LogP contribution in [0.4, 0.5) is 0 Å². The molecule has 9 heteroatoms. The third kappa shape index (κ3) is 7.26. The van der Waals surface area contributed by atoms with E-state index in [1.54, 1.807) is 52.0 Å². The van der Waals surface area contributed by atoms with Crippen LogP contribution in [0.2, 0.25) is 0 Å². The molecule has 1 aliphatic rings. The number of carboxylic acids is 1. The fourth-order valence-electron chi connectivity index (χ4n) is 4.11. The second-order valence-corrected chi connectivity index (χ2v) is 11.2. The van der Waals surface area contributed by atoms with E-state index in [0.29, 0.717) is 28.2 Å². The van der Waals surface area contributed by atoms with E-state index in [0.717, 1.165) is 0 Å². The van der Waals surface area contributed by atoms with Crippen molar-refractivity contribution in [3.63, 3.8) is 0 Å². The van der Waals surface area contributed by atoms with Crippen molar-refractivity contribution in [2.45, 2.75) is 70.6 Å². The molecule has 0 amide bonds. The van der Waals surface area contributed by atoms with Crippen molar-refractivity contribution in [3.8, 4) is 11.5 Å². The minimum atomic E-state index is -1.30. The minimum Gasteiger partial charge on any atom is -0.496 e. The van der Waals surface area contributed by atoms with Crippen molar-refractivity contribution in [1.29, 1.82) is 0 Å². The van der Waals surface area contributed by atoms with Crippen molar-refractivity contribution in [1.82, 2.24) is 0 Å². The number of esters is 1. The van der Waals surface area contributed by atoms with Crippen molar-refractivity contribution in [3.05, 3.63) is 70.3 Å². The highest BCUT2D eigenvalue weighted by molar-refractivity contribution is 5.91. The average molecular weight is 541 g/mol. The molecule has 0 bridgehead atoms. The molecule has 0 radical (unpaired) electrons. The maximum Gasteiger partial charge on any atom is 0.338 e. The zero-order valence-electron chi connectivity index (χ0n) is 23.2. The summed E-state index contributed by atoms with van der Waals surface area (Å²) in [6.07, 6.45) is 4.33. The van der Waals surface area contributed by atoms with Crippen molar-refractivity contribution in [2.75, 3.05) is 7.11 Å². The summed E-state index contributed by atoms with van der Waals surface area (Å²) in [5.41, 5.74) is -2.05. The van der Waals surface area contributed by atoms with Crippen LogP contribution in [0.25, 0.3) is 12.2 Å². The number of carbonyl (C=O) groups is 2. The molecule has 2 unspecified atom stereocenters. The number of fused-ring (bicyclic) bond motifs is 1. The topological polar surface area (TPSA) is 143 Å². The Hall–Kier alpha value is -3.66. The number of ether oxygens (including phenoxy) is 3. The fraction of sp³-hybridized carbons (Fsp3) is 0.400. The van der Waals surface area contributed by atoms with Gasteiger partial charge in [0.2, 0.25) is 0 Å². The lowest BCUT2D eigenvalue weighted by Gasteiger charge is -2.27. The van der Waals surface area contributed by atoms with Crippen LogP contribution in [0, 0.1) is 0 Å². The monoisotopic (exact) mass is 540 g/mol. The molecule has 0 fully saturated rings. The first-order valence-corrected chi connectivity index (χ1v) is 12.4. The molecule has 9 nitrogen and oxygen atoms in total. The molecule has 0 saturated carbocycles. The van der Waals surface area contributed by atoms with Gasteiger partial charge in [0.1, 0.15) is 23.2 Å². The smallest absolute Gasteiger partial charge is 0.338 e. The molecule has 3 rings (SSSR count). The summed E-state index contributed by atoms with van der Waals surface area (Å²) < 4.78 is 16.9. The Kier molecular flexibility index (Phi) is 8.31. The number of aromatic carboxylic acids is 1. The van der Waals surface area contributed by atoms with E-state index in [4.69, 9.17) is 14.2 Å². The highest BCUT2D eigenvalue weighted by Gasteiger charge is 2.42. The Morgan fingerprint density at radius 2 is 1.51 bits per heavy atom. The van der Waals surface area contributed by atoms with Gasteiger partial charge < -0.3 is 34.6 Å². The maximum atomic E-state index is 13.0. The van der Waals surface area contributed by atoms with Gasteiger partial charge >= 0.3 is 11.9 Å². The van der Waals surface area contributed by atoms with E-state index in [1.165, 1.54) is 51.3 Å². The van der Waals surface area contributed by atoms with Gasteiger partial charge in [0, 0.05) is 16.7 Å². The first-order chi connectivity index (χ1) is 17.9. The lowest BCUT2D eigenvalue weighted by molar-refractivity contribution is -0.0762. The van der Waals surface area contributed by atoms with Crippen LogP contribution in [0.3, 0.4) is 0 Å². The zero-order chi connectivity index (χ0) is 29.3. The summed E-state index contributed by atoms with van der Waals surface area (Å²) in [6, 6.07) is 7.43. The van der Waals surface area contributed by atoms with Crippen LogP contribution in [0.5, 0.6) is 11.5 Å². The van der Waals surface area contributed by atoms with E-state index >= 15 is 0 Å². The molecular weight excluding hydrogens is 504 g/mol. The Morgan fingerprint density at radius 3 is 2.03 bits per heavy atom. The molecule has 2 atom stereocenters. The summed E-state index contributed by atoms with van der Waals surface area (Å²) in [5, 5.41) is 40.5. The molecule has 210 valence electrons. The number of aliphatic hydroxyl groups excluding tert-OH is 1. The highest BCUT2D eigenvalue weighted by Crippen LogP contribution is 2.41. The lowest BCUT2D eigenvalue weighted by atomic mass is 9.94. The first-order valence-electron chi connectivity index (χ1n) is 12.4. The SMILES string of the molecule is COc1c(C=CC(C)(C)O)cc(C(=O)O)cc1C=CC(C)(C)OC(=O)c1ccc2c(c1)C(O)C(C(C)(C)O)O2. The van der Waals surface area contributed by atoms with Crippen molar-refractivity contribution < 1.29 is 44.2 Å². The standard InChI is InChI=1S/C30H36O9/c1-28(2,35)12-10-17-14-20(26(32)33)15-18(24(17)37-7)11-13-29(3,4)39-27(34)19-8-9-22-21(16-19)23(31)25(38-22)30(5,6)36/h8-16,23,25,31,35-36H,1-7H3,(H,32,33). The van der Waals surface area contributed by atoms with Crippen LogP contribution in [0.1, 0.15) is 85.1 Å². The average Bonchev–Trinajstić information content (AvgIpc) is 3.16. The van der Waals surface area contributed by atoms with Gasteiger partial charge in [0.15, 0.2) is 6.10 Å². The third-order valence-electron chi connectivity index (χ3n) is 6.09. The van der Waals surface area contributed by atoms with Gasteiger partial charge in [-0.05, 0) is 78.0 Å². The molecule has 0 saturated heterocycles. The molecule has 2 aromatic carbocycles. The first kappa shape index (κ1) is 29.9. The molecule has 0 aliphatic carbocycles. The van der Waals surface area contributed by atoms with Gasteiger partial charge in [0.25, 0.3) is 0 Å². The molecule has 0 aromatic heterocycles. The molecule has 1 aliphatic heterocycles. The minimum absolute atomic E-state index is 0.0175. The number of hydrogen-bond acceptors (Lipinski definition) is 8. The molecule has 39 heavy (non-hydrogen) atoms. The predicted molar refractivity (Wildman–Crippen MR) is 146 cm³/mol. The molecular formula is C30H36O9. The number of methoxy groups -OCH3 is 1. The van der Waals surface area contributed by atoms with Crippen LogP contribution in [0.15, 0.2) is 42.5 Å². The number of carbonyl (C=O) groups excluding carboxylic acids is 1. The normalized spacial score (nSPS) is 17.8. The summed E-state index contributed by atoms with van der Waals surface area (Å²) in [6.45, 7) is 9.58. The van der Waals surface area contributed by atoms with E-state index in [-0.39, 0.29) is 11.1 Å². The largest absolute Gasteiger partial charge is 0.496 e. The summed E-state index contributed by atoms with van der Waals surface area (Å²) in [5.74, 6) is -1.02. The van der Waals surface area contributed by atoms with E-state index in [2.05, 4.69) is 0 Å². The lowest BCUT2D eigenvalue weighted by Crippen LogP contribution is -2.41. The quantitative estimate of drug-likeness (QED) is 0.341. The number of aliphatic hydroxyl groups is 3. The summed E-state index contributed by atoms with van der Waals surface area (Å²) in [7, 11) is 1.45. The van der Waals surface area contributed by atoms with Crippen LogP contribution in [-0.2, 0) is 4.74 Å². The Balaban J connectivity index is 1.87. The van der Waals surface area contributed by atoms with Gasteiger partial charge in [-0.15, -0.1) is 0 Å². The van der Waals surface area contributed by atoms with E-state index in [1.807, 2.05) is 0 Å². The molecule has 4 N–H and O–H groups in total. The molecule has 0 spiro atoms. The summed E-state index contributed by atoms with van der Waals surface area (Å²) >= 11 is 0. The zero-order valence-corrected chi connectivity index (χ0v) is 23.2. The second-order valence-electron chi connectivity index (χ2n) is 11.2. The van der Waals surface area contributed by atoms with Gasteiger partial charge in [-0.2, -0.15) is 0 Å². The number of carboxylic acid groups (broad SMARTS) is 1. The number of benzene rings is 2. The van der Waals surface area contributed by atoms with Gasteiger partial charge in [0.05, 0.1) is 29.4 Å². The van der Waals surface area contributed by atoms with Gasteiger partial charge in [-0.1, -0.05) is 18.2 Å². The maximum absolute atomic E-state index is 13.0. The Labute approximate surface area is 228 Å².